The molecular weight excluding hydrogens is 360 g/mol. The molecule has 1 fully saturated rings. The lowest BCUT2D eigenvalue weighted by Gasteiger charge is -2.35. The van der Waals surface area contributed by atoms with Crippen LogP contribution >= 0.6 is 0 Å². The van der Waals surface area contributed by atoms with Gasteiger partial charge in [0.1, 0.15) is 0 Å². The van der Waals surface area contributed by atoms with E-state index in [1.807, 2.05) is 50.2 Å². The Labute approximate surface area is 173 Å². The third-order valence-corrected chi connectivity index (χ3v) is 5.26. The maximum absolute atomic E-state index is 11.9. The summed E-state index contributed by atoms with van der Waals surface area (Å²) in [4.78, 5) is 14.3. The second-order valence-corrected chi connectivity index (χ2v) is 7.78. The molecule has 150 valence electrons. The molecule has 1 heterocycles. The monoisotopic (exact) mass is 388 g/mol. The molecule has 0 aromatic heterocycles. The Bertz CT molecular complexity index is 903. The fourth-order valence-corrected chi connectivity index (χ4v) is 3.70. The lowest BCUT2D eigenvalue weighted by Crippen LogP contribution is -2.34. The van der Waals surface area contributed by atoms with Crippen molar-refractivity contribution in [2.75, 3.05) is 18.4 Å². The van der Waals surface area contributed by atoms with Crippen LogP contribution in [0, 0.1) is 11.3 Å². The minimum atomic E-state index is -0.203. The number of carbonyl (C=O) groups excluding carboxylic acids is 1. The summed E-state index contributed by atoms with van der Waals surface area (Å²) in [5.41, 5.74) is 4.77. The number of nitrogens with one attached hydrogen (secondary N) is 2. The van der Waals surface area contributed by atoms with Gasteiger partial charge in [-0.15, -0.1) is 0 Å². The topological polar surface area (TPSA) is 68.2 Å². The average Bonchev–Trinajstić information content (AvgIpc) is 2.73. The first-order valence-corrected chi connectivity index (χ1v) is 10.1. The minimum absolute atomic E-state index is 0.0885. The van der Waals surface area contributed by atoms with Gasteiger partial charge in [0.25, 0.3) is 0 Å². The second kappa shape index (κ2) is 9.29. The molecule has 3 rings (SSSR count). The number of anilines is 1. The zero-order chi connectivity index (χ0) is 20.8. The Kier molecular flexibility index (Phi) is 6.56. The number of carbonyl (C=O) groups is 1. The molecule has 0 spiro atoms. The van der Waals surface area contributed by atoms with Crippen LogP contribution in [0.25, 0.3) is 5.70 Å². The number of hydrogen-bond donors (Lipinski definition) is 2. The summed E-state index contributed by atoms with van der Waals surface area (Å²) in [6.45, 7) is 10.0. The van der Waals surface area contributed by atoms with E-state index in [1.54, 1.807) is 0 Å². The first-order valence-electron chi connectivity index (χ1n) is 10.1. The van der Waals surface area contributed by atoms with Crippen LogP contribution in [-0.2, 0) is 0 Å². The van der Waals surface area contributed by atoms with E-state index in [0.29, 0.717) is 11.5 Å². The zero-order valence-electron chi connectivity index (χ0n) is 17.1. The summed E-state index contributed by atoms with van der Waals surface area (Å²) in [5, 5.41) is 14.7. The summed E-state index contributed by atoms with van der Waals surface area (Å²) in [6, 6.07) is 17.8. The van der Waals surface area contributed by atoms with Gasteiger partial charge in [-0.05, 0) is 68.0 Å². The summed E-state index contributed by atoms with van der Waals surface area (Å²) in [5.74, 6) is 0.513. The molecule has 2 N–H and O–H groups in total. The number of amides is 2. The van der Waals surface area contributed by atoms with Crippen LogP contribution in [0.3, 0.4) is 0 Å². The van der Waals surface area contributed by atoms with Crippen molar-refractivity contribution in [3.63, 3.8) is 0 Å². The number of rotatable bonds is 5. The SMILES string of the molecule is C=C(c1cccc(NC(=O)NC(C)C)c1)N1CCC(c2ccc(C#N)cc2)CC1. The number of nitriles is 1. The number of urea groups is 1. The second-order valence-electron chi connectivity index (χ2n) is 7.78. The Hall–Kier alpha value is -3.26. The van der Waals surface area contributed by atoms with E-state index >= 15 is 0 Å². The number of benzene rings is 2. The highest BCUT2D eigenvalue weighted by Gasteiger charge is 2.22. The number of nitrogens with zero attached hydrogens (tertiary/aromatic N) is 2. The highest BCUT2D eigenvalue weighted by Crippen LogP contribution is 2.32. The largest absolute Gasteiger partial charge is 0.371 e. The molecule has 0 atom stereocenters. The lowest BCUT2D eigenvalue weighted by atomic mass is 9.88. The Balaban J connectivity index is 1.59. The predicted octanol–water partition coefficient (Wildman–Crippen LogP) is 4.94. The van der Waals surface area contributed by atoms with Crippen LogP contribution in [0.1, 0.15) is 49.3 Å². The molecule has 5 nitrogen and oxygen atoms in total. The molecule has 29 heavy (non-hydrogen) atoms. The molecule has 0 radical (unpaired) electrons. The van der Waals surface area contributed by atoms with Crippen molar-refractivity contribution in [1.82, 2.24) is 10.2 Å². The molecule has 2 amide bonds. The van der Waals surface area contributed by atoms with Gasteiger partial charge in [-0.3, -0.25) is 0 Å². The van der Waals surface area contributed by atoms with Gasteiger partial charge in [-0.1, -0.05) is 30.8 Å². The quantitative estimate of drug-likeness (QED) is 0.762. The zero-order valence-corrected chi connectivity index (χ0v) is 17.1. The smallest absolute Gasteiger partial charge is 0.319 e. The average molecular weight is 389 g/mol. The van der Waals surface area contributed by atoms with Crippen molar-refractivity contribution >= 4 is 17.4 Å². The van der Waals surface area contributed by atoms with Gasteiger partial charge in [0.2, 0.25) is 0 Å². The molecule has 0 aliphatic carbocycles. The van der Waals surface area contributed by atoms with E-state index in [4.69, 9.17) is 5.26 Å². The van der Waals surface area contributed by atoms with Crippen molar-refractivity contribution < 1.29 is 4.79 Å². The molecule has 1 saturated heterocycles. The summed E-state index contributed by atoms with van der Waals surface area (Å²) in [7, 11) is 0. The predicted molar refractivity (Wildman–Crippen MR) is 117 cm³/mol. The van der Waals surface area contributed by atoms with Crippen LogP contribution in [0.2, 0.25) is 0 Å². The number of hydrogen-bond acceptors (Lipinski definition) is 3. The summed E-state index contributed by atoms with van der Waals surface area (Å²) in [6.07, 6.45) is 2.11. The van der Waals surface area contributed by atoms with Gasteiger partial charge in [-0.25, -0.2) is 4.79 Å². The maximum atomic E-state index is 11.9. The van der Waals surface area contributed by atoms with Gasteiger partial charge in [0, 0.05) is 30.5 Å². The van der Waals surface area contributed by atoms with Crippen molar-refractivity contribution in [3.05, 3.63) is 71.8 Å². The van der Waals surface area contributed by atoms with E-state index in [1.165, 1.54) is 5.56 Å². The Morgan fingerprint density at radius 3 is 2.48 bits per heavy atom. The molecule has 0 bridgehead atoms. The van der Waals surface area contributed by atoms with E-state index in [-0.39, 0.29) is 12.1 Å². The van der Waals surface area contributed by atoms with Crippen LogP contribution in [0.5, 0.6) is 0 Å². The van der Waals surface area contributed by atoms with Crippen molar-refractivity contribution in [3.8, 4) is 6.07 Å². The molecule has 0 saturated carbocycles. The summed E-state index contributed by atoms with van der Waals surface area (Å²) < 4.78 is 0. The highest BCUT2D eigenvalue weighted by molar-refractivity contribution is 5.89. The van der Waals surface area contributed by atoms with Crippen LogP contribution in [0.4, 0.5) is 10.5 Å². The van der Waals surface area contributed by atoms with Gasteiger partial charge >= 0.3 is 6.03 Å². The lowest BCUT2D eigenvalue weighted by molar-refractivity contribution is 0.250. The third kappa shape index (κ3) is 5.39. The molecule has 2 aromatic rings. The number of likely N-dealkylation sites (tertiary alicyclic amines) is 1. The minimum Gasteiger partial charge on any atom is -0.371 e. The molecule has 1 aliphatic rings. The normalized spacial score (nSPS) is 14.3. The molecule has 2 aromatic carbocycles. The number of piperidine rings is 1. The fourth-order valence-electron chi connectivity index (χ4n) is 3.70. The van der Waals surface area contributed by atoms with E-state index in [9.17, 15) is 4.79 Å². The Morgan fingerprint density at radius 1 is 1.17 bits per heavy atom. The van der Waals surface area contributed by atoms with Crippen molar-refractivity contribution in [1.29, 1.82) is 5.26 Å². The van der Waals surface area contributed by atoms with Crippen LogP contribution in [0.15, 0.2) is 55.1 Å². The van der Waals surface area contributed by atoms with E-state index < -0.39 is 0 Å². The fraction of sp³-hybridized carbons (Fsp3) is 0.333. The highest BCUT2D eigenvalue weighted by atomic mass is 16.2. The standard InChI is InChI=1S/C24H28N4O/c1-17(2)26-24(29)27-23-6-4-5-22(15-23)18(3)28-13-11-21(12-14-28)20-9-7-19(16-25)8-10-20/h4-10,15,17,21H,3,11-14H2,1-2H3,(H2,26,27,29). The molecule has 5 heteroatoms. The van der Waals surface area contributed by atoms with Crippen molar-refractivity contribution in [2.24, 2.45) is 0 Å². The Morgan fingerprint density at radius 2 is 1.86 bits per heavy atom. The molecule has 0 unspecified atom stereocenters. The van der Waals surface area contributed by atoms with Crippen molar-refractivity contribution in [2.45, 2.75) is 38.6 Å². The molecule has 1 aliphatic heterocycles. The first kappa shape index (κ1) is 20.5. The first-order chi connectivity index (χ1) is 14.0. The molecular formula is C24H28N4O. The summed E-state index contributed by atoms with van der Waals surface area (Å²) >= 11 is 0. The van der Waals surface area contributed by atoms with E-state index in [2.05, 4.69) is 40.3 Å². The van der Waals surface area contributed by atoms with Gasteiger partial charge in [0.05, 0.1) is 11.6 Å². The van der Waals surface area contributed by atoms with Gasteiger partial charge in [0.15, 0.2) is 0 Å². The van der Waals surface area contributed by atoms with Gasteiger partial charge in [-0.2, -0.15) is 5.26 Å². The van der Waals surface area contributed by atoms with Crippen LogP contribution < -0.4 is 10.6 Å². The maximum Gasteiger partial charge on any atom is 0.319 e. The van der Waals surface area contributed by atoms with Crippen LogP contribution in [-0.4, -0.2) is 30.1 Å². The third-order valence-electron chi connectivity index (χ3n) is 5.26. The van der Waals surface area contributed by atoms with E-state index in [0.717, 1.165) is 42.9 Å². The van der Waals surface area contributed by atoms with Gasteiger partial charge < -0.3 is 15.5 Å².